The van der Waals surface area contributed by atoms with Crippen molar-refractivity contribution in [2.24, 2.45) is 0 Å². The molecule has 0 spiro atoms. The highest BCUT2D eigenvalue weighted by Gasteiger charge is 2.39. The Kier molecular flexibility index (Phi) is 7.46. The maximum atomic E-state index is 13.9. The molecule has 2 amide bonds. The number of pyridine rings is 1. The quantitative estimate of drug-likeness (QED) is 0.325. The largest absolute Gasteiger partial charge is 0.508 e. The van der Waals surface area contributed by atoms with Crippen molar-refractivity contribution in [2.75, 3.05) is 31.1 Å². The van der Waals surface area contributed by atoms with Crippen molar-refractivity contribution in [3.63, 3.8) is 0 Å². The topological polar surface area (TPSA) is 86.2 Å². The minimum atomic E-state index is -0.686. The second-order valence-corrected chi connectivity index (χ2v) is 12.5. The third-order valence-electron chi connectivity index (χ3n) is 8.34. The van der Waals surface area contributed by atoms with Crippen LogP contribution in [0.15, 0.2) is 73.1 Å². The van der Waals surface area contributed by atoms with Crippen LogP contribution in [0.2, 0.25) is 0 Å². The van der Waals surface area contributed by atoms with Crippen molar-refractivity contribution in [3.05, 3.63) is 89.7 Å². The molecule has 4 aromatic rings. The molecule has 222 valence electrons. The van der Waals surface area contributed by atoms with Gasteiger partial charge in [0.1, 0.15) is 17.4 Å². The number of ether oxygens (including phenoxy) is 1. The van der Waals surface area contributed by atoms with Crippen molar-refractivity contribution in [2.45, 2.75) is 52.3 Å². The predicted octanol–water partition coefficient (Wildman–Crippen LogP) is 5.93. The lowest BCUT2D eigenvalue weighted by Gasteiger charge is -2.42. The summed E-state index contributed by atoms with van der Waals surface area (Å²) in [4.78, 5) is 37.2. The summed E-state index contributed by atoms with van der Waals surface area (Å²) in [6.45, 7) is 10.3. The molecule has 6 rings (SSSR count). The van der Waals surface area contributed by atoms with Crippen molar-refractivity contribution in [3.8, 4) is 16.9 Å². The Balaban J connectivity index is 1.16. The Bertz CT molecular complexity index is 1660. The highest BCUT2D eigenvalue weighted by Crippen LogP contribution is 2.33. The number of amides is 2. The average Bonchev–Trinajstić information content (AvgIpc) is 2.99. The molecule has 0 bridgehead atoms. The van der Waals surface area contributed by atoms with Gasteiger partial charge in [-0.1, -0.05) is 36.4 Å². The zero-order chi connectivity index (χ0) is 30.3. The lowest BCUT2D eigenvalue weighted by Crippen LogP contribution is -2.58. The SMILES string of the molecule is Cc1cncc2cccc(-c3ccc(N4CCN(C(=O)C5Cc6cc(O)ccc6CN5C(=O)OC(C)(C)C)CC4)cc3)c12. The third kappa shape index (κ3) is 5.87. The first kappa shape index (κ1) is 28.5. The molecule has 0 radical (unpaired) electrons. The second-order valence-electron chi connectivity index (χ2n) is 12.5. The van der Waals surface area contributed by atoms with E-state index >= 15 is 0 Å². The number of anilines is 1. The van der Waals surface area contributed by atoms with E-state index in [4.69, 9.17) is 4.74 Å². The van der Waals surface area contributed by atoms with Crippen LogP contribution in [0.3, 0.4) is 0 Å². The maximum Gasteiger partial charge on any atom is 0.411 e. The van der Waals surface area contributed by atoms with E-state index in [2.05, 4.69) is 59.3 Å². The number of aromatic hydroxyl groups is 1. The van der Waals surface area contributed by atoms with Gasteiger partial charge in [0.05, 0.1) is 6.54 Å². The summed E-state index contributed by atoms with van der Waals surface area (Å²) in [6.07, 6.45) is 3.65. The first-order valence-corrected chi connectivity index (χ1v) is 14.9. The Hall–Kier alpha value is -4.59. The number of nitrogens with zero attached hydrogens (tertiary/aromatic N) is 4. The summed E-state index contributed by atoms with van der Waals surface area (Å²) in [5, 5.41) is 12.4. The molecule has 1 atom stereocenters. The van der Waals surface area contributed by atoms with Crippen molar-refractivity contribution in [1.29, 1.82) is 0 Å². The van der Waals surface area contributed by atoms with E-state index in [1.165, 1.54) is 10.9 Å². The van der Waals surface area contributed by atoms with Crippen LogP contribution in [-0.2, 0) is 22.5 Å². The van der Waals surface area contributed by atoms with Gasteiger partial charge in [-0.25, -0.2) is 4.79 Å². The van der Waals surface area contributed by atoms with Crippen LogP contribution < -0.4 is 4.90 Å². The van der Waals surface area contributed by atoms with Gasteiger partial charge in [-0.05, 0) is 85.2 Å². The number of carbonyl (C=O) groups excluding carboxylic acids is 2. The highest BCUT2D eigenvalue weighted by atomic mass is 16.6. The molecule has 8 heteroatoms. The van der Waals surface area contributed by atoms with E-state index in [9.17, 15) is 14.7 Å². The lowest BCUT2D eigenvalue weighted by atomic mass is 9.93. The molecule has 1 aromatic heterocycles. The van der Waals surface area contributed by atoms with Crippen LogP contribution in [0.4, 0.5) is 10.5 Å². The van der Waals surface area contributed by atoms with Crippen LogP contribution in [0.5, 0.6) is 5.75 Å². The highest BCUT2D eigenvalue weighted by molar-refractivity contribution is 5.98. The summed E-state index contributed by atoms with van der Waals surface area (Å²) >= 11 is 0. The molecule has 1 unspecified atom stereocenters. The Morgan fingerprint density at radius 3 is 2.40 bits per heavy atom. The molecule has 1 fully saturated rings. The first-order chi connectivity index (χ1) is 20.6. The van der Waals surface area contributed by atoms with Crippen LogP contribution in [0, 0.1) is 6.92 Å². The fourth-order valence-corrected chi connectivity index (χ4v) is 6.20. The fraction of sp³-hybridized carbons (Fsp3) is 0.343. The van der Waals surface area contributed by atoms with Crippen LogP contribution in [-0.4, -0.2) is 69.7 Å². The van der Waals surface area contributed by atoms with Gasteiger partial charge >= 0.3 is 6.09 Å². The summed E-state index contributed by atoms with van der Waals surface area (Å²) < 4.78 is 5.69. The minimum absolute atomic E-state index is 0.0873. The molecule has 1 N–H and O–H groups in total. The molecule has 3 heterocycles. The van der Waals surface area contributed by atoms with Crippen LogP contribution >= 0.6 is 0 Å². The Morgan fingerprint density at radius 1 is 0.930 bits per heavy atom. The Labute approximate surface area is 252 Å². The number of phenolic OH excluding ortho intramolecular Hbond substituents is 1. The van der Waals surface area contributed by atoms with Crippen molar-refractivity contribution < 1.29 is 19.4 Å². The standard InChI is InChI=1S/C35H38N4O4/c1-23-20-36-21-25-6-5-7-30(32(23)25)24-8-11-28(12-9-24)37-14-16-38(17-15-37)33(41)31-19-27-18-29(40)13-10-26(27)22-39(31)34(42)43-35(2,3)4/h5-13,18,20-21,31,40H,14-17,19,22H2,1-4H3. The molecule has 8 nitrogen and oxygen atoms in total. The fourth-order valence-electron chi connectivity index (χ4n) is 6.20. The number of rotatable bonds is 3. The molecular weight excluding hydrogens is 540 g/mol. The summed E-state index contributed by atoms with van der Waals surface area (Å²) in [6, 6.07) is 19.4. The molecule has 0 aliphatic carbocycles. The van der Waals surface area contributed by atoms with Gasteiger partial charge in [0, 0.05) is 56.1 Å². The van der Waals surface area contributed by atoms with Gasteiger partial charge in [0.15, 0.2) is 0 Å². The van der Waals surface area contributed by atoms with Crippen molar-refractivity contribution in [1.82, 2.24) is 14.8 Å². The number of piperazine rings is 1. The summed E-state index contributed by atoms with van der Waals surface area (Å²) in [5.41, 5.74) is 5.74. The number of hydrogen-bond donors (Lipinski definition) is 1. The van der Waals surface area contributed by atoms with Gasteiger partial charge in [-0.15, -0.1) is 0 Å². The third-order valence-corrected chi connectivity index (χ3v) is 8.34. The van der Waals surface area contributed by atoms with Crippen molar-refractivity contribution >= 4 is 28.5 Å². The van der Waals surface area contributed by atoms with E-state index < -0.39 is 17.7 Å². The lowest BCUT2D eigenvalue weighted by molar-refractivity contribution is -0.137. The monoisotopic (exact) mass is 578 g/mol. The number of hydrogen-bond acceptors (Lipinski definition) is 6. The first-order valence-electron chi connectivity index (χ1n) is 14.9. The van der Waals surface area contributed by atoms with Crippen LogP contribution in [0.25, 0.3) is 21.9 Å². The summed E-state index contributed by atoms with van der Waals surface area (Å²) in [7, 11) is 0. The predicted molar refractivity (Wildman–Crippen MR) is 168 cm³/mol. The molecule has 0 saturated carbocycles. The molecule has 43 heavy (non-hydrogen) atoms. The second kappa shape index (κ2) is 11.2. The number of aromatic nitrogens is 1. The smallest absolute Gasteiger partial charge is 0.411 e. The number of benzene rings is 3. The molecule has 3 aromatic carbocycles. The summed E-state index contributed by atoms with van der Waals surface area (Å²) in [5.74, 6) is 0.0681. The van der Waals surface area contributed by atoms with E-state index in [0.717, 1.165) is 33.3 Å². The van der Waals surface area contributed by atoms with E-state index in [1.54, 1.807) is 17.0 Å². The van der Waals surface area contributed by atoms with Gasteiger partial charge in [-0.2, -0.15) is 0 Å². The Morgan fingerprint density at radius 2 is 1.67 bits per heavy atom. The zero-order valence-corrected chi connectivity index (χ0v) is 25.2. The number of phenols is 1. The number of fused-ring (bicyclic) bond motifs is 2. The molecule has 2 aliphatic rings. The molecule has 2 aliphatic heterocycles. The van der Waals surface area contributed by atoms with E-state index in [-0.39, 0.29) is 18.2 Å². The number of aryl methyl sites for hydroxylation is 1. The van der Waals surface area contributed by atoms with E-state index in [0.29, 0.717) is 32.6 Å². The van der Waals surface area contributed by atoms with Gasteiger partial charge < -0.3 is 19.6 Å². The van der Waals surface area contributed by atoms with Gasteiger partial charge in [0.2, 0.25) is 5.91 Å². The maximum absolute atomic E-state index is 13.9. The van der Waals surface area contributed by atoms with Gasteiger partial charge in [-0.3, -0.25) is 14.7 Å². The molecular formula is C35H38N4O4. The van der Waals surface area contributed by atoms with E-state index in [1.807, 2.05) is 44.1 Å². The number of carbonyl (C=O) groups is 2. The normalized spacial score (nSPS) is 17.1. The van der Waals surface area contributed by atoms with Gasteiger partial charge in [0.25, 0.3) is 0 Å². The molecule has 1 saturated heterocycles. The minimum Gasteiger partial charge on any atom is -0.508 e. The average molecular weight is 579 g/mol. The zero-order valence-electron chi connectivity index (χ0n) is 25.2. The van der Waals surface area contributed by atoms with Crippen LogP contribution in [0.1, 0.15) is 37.5 Å².